The number of carbonyl (C=O) groups is 2. The van der Waals surface area contributed by atoms with Crippen molar-refractivity contribution in [3.05, 3.63) is 23.8 Å². The first-order valence-electron chi connectivity index (χ1n) is 8.52. The molecule has 1 aliphatic heterocycles. The fourth-order valence-electron chi connectivity index (χ4n) is 3.09. The highest BCUT2D eigenvalue weighted by Crippen LogP contribution is 2.31. The van der Waals surface area contributed by atoms with Gasteiger partial charge in [0.2, 0.25) is 5.91 Å². The Morgan fingerprint density at radius 1 is 1.38 bits per heavy atom. The van der Waals surface area contributed by atoms with Crippen LogP contribution < -0.4 is 20.7 Å². The third-order valence-corrected chi connectivity index (χ3v) is 4.70. The minimum atomic E-state index is -0.668. The maximum atomic E-state index is 13.1. The van der Waals surface area contributed by atoms with Crippen LogP contribution in [0.2, 0.25) is 0 Å². The molecule has 24 heavy (non-hydrogen) atoms. The minimum Gasteiger partial charge on any atom is -0.497 e. The van der Waals surface area contributed by atoms with Gasteiger partial charge in [-0.25, -0.2) is 4.79 Å². The number of methoxy groups -OCH3 is 1. The average molecular weight is 333 g/mol. The first-order valence-corrected chi connectivity index (χ1v) is 8.52. The Kier molecular flexibility index (Phi) is 6.06. The van der Waals surface area contributed by atoms with Gasteiger partial charge in [0.25, 0.3) is 0 Å². The lowest BCUT2D eigenvalue weighted by Crippen LogP contribution is -2.53. The second-order valence-electron chi connectivity index (χ2n) is 6.31. The lowest BCUT2D eigenvalue weighted by Gasteiger charge is -2.30. The number of carbonyl (C=O) groups excluding carboxylic acids is 2. The number of nitrogens with one attached hydrogen (secondary N) is 1. The van der Waals surface area contributed by atoms with Gasteiger partial charge >= 0.3 is 6.03 Å². The van der Waals surface area contributed by atoms with E-state index >= 15 is 0 Å². The Morgan fingerprint density at radius 3 is 2.75 bits per heavy atom. The highest BCUT2D eigenvalue weighted by Gasteiger charge is 2.31. The molecule has 0 aliphatic carbocycles. The Morgan fingerprint density at radius 2 is 2.12 bits per heavy atom. The van der Waals surface area contributed by atoms with Crippen LogP contribution in [0.5, 0.6) is 5.75 Å². The molecule has 3 amide bonds. The summed E-state index contributed by atoms with van der Waals surface area (Å²) < 4.78 is 5.30. The van der Waals surface area contributed by atoms with Crippen molar-refractivity contribution in [3.8, 4) is 5.75 Å². The second kappa shape index (κ2) is 8.04. The topological polar surface area (TPSA) is 84.7 Å². The summed E-state index contributed by atoms with van der Waals surface area (Å²) in [6, 6.07) is 4.50. The number of primary amides is 1. The predicted octanol–water partition coefficient (Wildman–Crippen LogP) is 2.45. The molecule has 2 rings (SSSR count). The zero-order chi connectivity index (χ0) is 17.7. The van der Waals surface area contributed by atoms with Crippen molar-refractivity contribution in [3.63, 3.8) is 0 Å². The zero-order valence-corrected chi connectivity index (χ0v) is 14.7. The van der Waals surface area contributed by atoms with Crippen molar-refractivity contribution in [2.45, 2.75) is 45.6 Å². The zero-order valence-electron chi connectivity index (χ0n) is 14.7. The molecule has 0 bridgehead atoms. The number of nitrogens with zero attached hydrogens (tertiary/aromatic N) is 1. The monoisotopic (exact) mass is 333 g/mol. The largest absolute Gasteiger partial charge is 0.497 e. The van der Waals surface area contributed by atoms with Crippen molar-refractivity contribution in [1.29, 1.82) is 0 Å². The number of nitrogens with two attached hydrogens (primary N) is 1. The van der Waals surface area contributed by atoms with Gasteiger partial charge < -0.3 is 20.7 Å². The molecule has 6 heteroatoms. The number of ether oxygens (including phenoxy) is 1. The second-order valence-corrected chi connectivity index (χ2v) is 6.31. The summed E-state index contributed by atoms with van der Waals surface area (Å²) in [6.07, 6.45) is 3.63. The molecular formula is C18H27N3O3. The molecule has 0 aromatic heterocycles. The molecule has 0 spiro atoms. The summed E-state index contributed by atoms with van der Waals surface area (Å²) >= 11 is 0. The van der Waals surface area contributed by atoms with Crippen LogP contribution in [0.25, 0.3) is 0 Å². The molecule has 6 nitrogen and oxygen atoms in total. The first kappa shape index (κ1) is 18.1. The van der Waals surface area contributed by atoms with E-state index in [2.05, 4.69) is 5.32 Å². The SMILES string of the molecule is CC[C@@H](C)[C@H](NC(N)=O)C(=O)N1CCCCc2cc(OC)ccc21. The van der Waals surface area contributed by atoms with E-state index in [-0.39, 0.29) is 11.8 Å². The molecule has 0 fully saturated rings. The normalized spacial score (nSPS) is 16.5. The van der Waals surface area contributed by atoms with Crippen LogP contribution in [0.1, 0.15) is 38.7 Å². The van der Waals surface area contributed by atoms with Crippen LogP contribution in [0.4, 0.5) is 10.5 Å². The molecule has 3 N–H and O–H groups in total. The summed E-state index contributed by atoms with van der Waals surface area (Å²) in [6.45, 7) is 4.59. The molecule has 0 unspecified atom stereocenters. The Balaban J connectivity index is 2.35. The summed E-state index contributed by atoms with van der Waals surface area (Å²) in [7, 11) is 1.64. The Hall–Kier alpha value is -2.24. The maximum absolute atomic E-state index is 13.1. The number of anilines is 1. The molecule has 0 saturated heterocycles. The number of rotatable bonds is 5. The predicted molar refractivity (Wildman–Crippen MR) is 94.2 cm³/mol. The third kappa shape index (κ3) is 3.99. The average Bonchev–Trinajstić information content (AvgIpc) is 2.79. The van der Waals surface area contributed by atoms with Gasteiger partial charge in [0.05, 0.1) is 7.11 Å². The van der Waals surface area contributed by atoms with Gasteiger partial charge in [-0.1, -0.05) is 20.3 Å². The van der Waals surface area contributed by atoms with Crippen molar-refractivity contribution < 1.29 is 14.3 Å². The van der Waals surface area contributed by atoms with Crippen molar-refractivity contribution in [2.75, 3.05) is 18.6 Å². The van der Waals surface area contributed by atoms with Gasteiger partial charge in [-0.3, -0.25) is 4.79 Å². The van der Waals surface area contributed by atoms with Gasteiger partial charge in [0.15, 0.2) is 0 Å². The fraction of sp³-hybridized carbons (Fsp3) is 0.556. The van der Waals surface area contributed by atoms with Crippen LogP contribution >= 0.6 is 0 Å². The van der Waals surface area contributed by atoms with Crippen LogP contribution in [0.3, 0.4) is 0 Å². The van der Waals surface area contributed by atoms with Crippen molar-refractivity contribution in [2.24, 2.45) is 11.7 Å². The smallest absolute Gasteiger partial charge is 0.312 e. The van der Waals surface area contributed by atoms with Crippen LogP contribution in [0, 0.1) is 5.92 Å². The van der Waals surface area contributed by atoms with Crippen LogP contribution in [-0.4, -0.2) is 31.6 Å². The lowest BCUT2D eigenvalue weighted by molar-refractivity contribution is -0.121. The van der Waals surface area contributed by atoms with E-state index < -0.39 is 12.1 Å². The molecule has 2 atom stereocenters. The molecule has 1 aromatic carbocycles. The minimum absolute atomic E-state index is 0.00921. The Bertz CT molecular complexity index is 603. The molecule has 1 aromatic rings. The summed E-state index contributed by atoms with van der Waals surface area (Å²) in [5, 5.41) is 2.62. The van der Waals surface area contributed by atoms with E-state index in [1.165, 1.54) is 0 Å². The highest BCUT2D eigenvalue weighted by molar-refractivity contribution is 5.99. The third-order valence-electron chi connectivity index (χ3n) is 4.70. The highest BCUT2D eigenvalue weighted by atomic mass is 16.5. The van der Waals surface area contributed by atoms with Gasteiger partial charge in [0.1, 0.15) is 11.8 Å². The van der Waals surface area contributed by atoms with Gasteiger partial charge in [0, 0.05) is 12.2 Å². The summed E-state index contributed by atoms with van der Waals surface area (Å²) in [5.74, 6) is 0.697. The molecular weight excluding hydrogens is 306 g/mol. The quantitative estimate of drug-likeness (QED) is 0.868. The van der Waals surface area contributed by atoms with Gasteiger partial charge in [-0.15, -0.1) is 0 Å². The molecule has 1 heterocycles. The first-order chi connectivity index (χ1) is 11.5. The van der Waals surface area contributed by atoms with E-state index in [4.69, 9.17) is 10.5 Å². The van der Waals surface area contributed by atoms with E-state index in [1.54, 1.807) is 12.0 Å². The number of fused-ring (bicyclic) bond motifs is 1. The van der Waals surface area contributed by atoms with Crippen LogP contribution in [-0.2, 0) is 11.2 Å². The number of aryl methyl sites for hydroxylation is 1. The van der Waals surface area contributed by atoms with E-state index in [1.807, 2.05) is 32.0 Å². The number of amides is 3. The van der Waals surface area contributed by atoms with Crippen molar-refractivity contribution >= 4 is 17.6 Å². The fourth-order valence-corrected chi connectivity index (χ4v) is 3.09. The van der Waals surface area contributed by atoms with E-state index in [0.717, 1.165) is 42.7 Å². The maximum Gasteiger partial charge on any atom is 0.312 e. The number of benzene rings is 1. The molecule has 1 aliphatic rings. The van der Waals surface area contributed by atoms with E-state index in [0.29, 0.717) is 6.54 Å². The summed E-state index contributed by atoms with van der Waals surface area (Å²) in [5.41, 5.74) is 7.28. The summed E-state index contributed by atoms with van der Waals surface area (Å²) in [4.78, 5) is 26.3. The molecule has 0 saturated carbocycles. The standard InChI is InChI=1S/C18H27N3O3/c1-4-12(2)16(20-18(19)23)17(22)21-10-6-5-7-13-11-14(24-3)8-9-15(13)21/h8-9,11-12,16H,4-7,10H2,1-3H3,(H3,19,20,23)/t12-,16+/m1/s1. The van der Waals surface area contributed by atoms with E-state index in [9.17, 15) is 9.59 Å². The van der Waals surface area contributed by atoms with Crippen LogP contribution in [0.15, 0.2) is 18.2 Å². The van der Waals surface area contributed by atoms with Gasteiger partial charge in [-0.05, 0) is 48.9 Å². The van der Waals surface area contributed by atoms with Crippen molar-refractivity contribution in [1.82, 2.24) is 5.32 Å². The number of hydrogen-bond acceptors (Lipinski definition) is 3. The molecule has 132 valence electrons. The molecule has 0 radical (unpaired) electrons. The lowest BCUT2D eigenvalue weighted by atomic mass is 9.97. The Labute approximate surface area is 143 Å². The number of urea groups is 1. The number of hydrogen-bond donors (Lipinski definition) is 2. The van der Waals surface area contributed by atoms with Gasteiger partial charge in [-0.2, -0.15) is 0 Å².